The SMILES string of the molecule is CN1C(NC(=O)OC(C)(C)C)=NC2(c3ccccc3F)CCCOC2S1(=O)=O. The maximum atomic E-state index is 14.7. The third-order valence-corrected chi connectivity index (χ3v) is 6.57. The van der Waals surface area contributed by atoms with Crippen LogP contribution in [-0.4, -0.2) is 49.5 Å². The number of amides is 1. The number of guanidine groups is 1. The second kappa shape index (κ2) is 7.00. The average Bonchev–Trinajstić information content (AvgIpc) is 2.58. The molecule has 1 fully saturated rings. The fourth-order valence-electron chi connectivity index (χ4n) is 3.39. The van der Waals surface area contributed by atoms with Gasteiger partial charge in [-0.2, -0.15) is 0 Å². The minimum Gasteiger partial charge on any atom is -0.444 e. The summed E-state index contributed by atoms with van der Waals surface area (Å²) in [7, 11) is -2.82. The molecule has 0 spiro atoms. The molecule has 0 aromatic heterocycles. The molecule has 1 N–H and O–H groups in total. The van der Waals surface area contributed by atoms with E-state index in [4.69, 9.17) is 9.47 Å². The summed E-state index contributed by atoms with van der Waals surface area (Å²) >= 11 is 0. The third-order valence-electron chi connectivity index (χ3n) is 4.57. The molecule has 2 unspecified atom stereocenters. The number of alkyl carbamates (subject to hydrolysis) is 1. The number of carbonyl (C=O) groups excluding carboxylic acids is 1. The summed E-state index contributed by atoms with van der Waals surface area (Å²) < 4.78 is 52.5. The van der Waals surface area contributed by atoms with Crippen LogP contribution in [0, 0.1) is 5.82 Å². The van der Waals surface area contributed by atoms with E-state index in [0.717, 1.165) is 4.31 Å². The number of fused-ring (bicyclic) bond motifs is 1. The van der Waals surface area contributed by atoms with E-state index in [1.807, 2.05) is 0 Å². The molecular weight excluding hydrogens is 389 g/mol. The minimum absolute atomic E-state index is 0.111. The number of benzene rings is 1. The summed E-state index contributed by atoms with van der Waals surface area (Å²) in [5, 5.41) is 2.39. The highest BCUT2D eigenvalue weighted by molar-refractivity contribution is 7.90. The van der Waals surface area contributed by atoms with Crippen molar-refractivity contribution in [1.29, 1.82) is 0 Å². The Morgan fingerprint density at radius 2 is 2.07 bits per heavy atom. The van der Waals surface area contributed by atoms with Crippen LogP contribution in [0.15, 0.2) is 29.3 Å². The van der Waals surface area contributed by atoms with Crippen LogP contribution in [0.2, 0.25) is 0 Å². The number of ether oxygens (including phenoxy) is 2. The quantitative estimate of drug-likeness (QED) is 0.762. The molecule has 2 atom stereocenters. The van der Waals surface area contributed by atoms with Gasteiger partial charge in [0.1, 0.15) is 17.0 Å². The molecular formula is C18H24FN3O5S. The van der Waals surface area contributed by atoms with E-state index in [0.29, 0.717) is 6.42 Å². The van der Waals surface area contributed by atoms with Gasteiger partial charge in [0.15, 0.2) is 0 Å². The Bertz CT molecular complexity index is 912. The van der Waals surface area contributed by atoms with Crippen molar-refractivity contribution in [2.24, 2.45) is 4.99 Å². The third kappa shape index (κ3) is 3.58. The lowest BCUT2D eigenvalue weighted by atomic mass is 9.84. The molecule has 1 saturated heterocycles. The van der Waals surface area contributed by atoms with Gasteiger partial charge in [-0.3, -0.25) is 5.32 Å². The van der Waals surface area contributed by atoms with Crippen LogP contribution in [0.3, 0.4) is 0 Å². The first-order chi connectivity index (χ1) is 13.0. The Morgan fingerprint density at radius 1 is 1.39 bits per heavy atom. The van der Waals surface area contributed by atoms with Crippen LogP contribution in [0.25, 0.3) is 0 Å². The van der Waals surface area contributed by atoms with Gasteiger partial charge in [0.05, 0.1) is 0 Å². The van der Waals surface area contributed by atoms with Crippen LogP contribution in [0.4, 0.5) is 9.18 Å². The fourth-order valence-corrected chi connectivity index (χ4v) is 5.06. The molecule has 1 amide bonds. The highest BCUT2D eigenvalue weighted by Crippen LogP contribution is 2.45. The first-order valence-electron chi connectivity index (χ1n) is 8.91. The molecule has 2 aliphatic rings. The van der Waals surface area contributed by atoms with Crippen LogP contribution >= 0.6 is 0 Å². The summed E-state index contributed by atoms with van der Waals surface area (Å²) in [6.45, 7) is 5.27. The Morgan fingerprint density at radius 3 is 2.71 bits per heavy atom. The molecule has 0 aliphatic carbocycles. The van der Waals surface area contributed by atoms with Gasteiger partial charge in [-0.15, -0.1) is 0 Å². The van der Waals surface area contributed by atoms with Gasteiger partial charge in [0.25, 0.3) is 10.0 Å². The van der Waals surface area contributed by atoms with Gasteiger partial charge >= 0.3 is 6.09 Å². The lowest BCUT2D eigenvalue weighted by molar-refractivity contribution is 0.000140. The van der Waals surface area contributed by atoms with Crippen molar-refractivity contribution in [2.75, 3.05) is 13.7 Å². The number of nitrogens with zero attached hydrogens (tertiary/aromatic N) is 2. The van der Waals surface area contributed by atoms with Gasteiger partial charge in [0, 0.05) is 19.2 Å². The fraction of sp³-hybridized carbons (Fsp3) is 0.556. The van der Waals surface area contributed by atoms with Gasteiger partial charge in [-0.1, -0.05) is 18.2 Å². The highest BCUT2D eigenvalue weighted by Gasteiger charge is 2.57. The van der Waals surface area contributed by atoms with Crippen LogP contribution in [0.1, 0.15) is 39.2 Å². The van der Waals surface area contributed by atoms with E-state index < -0.39 is 38.5 Å². The summed E-state index contributed by atoms with van der Waals surface area (Å²) in [4.78, 5) is 16.7. The number of halogens is 1. The number of hydrogen-bond donors (Lipinski definition) is 1. The molecule has 8 nitrogen and oxygen atoms in total. The lowest BCUT2D eigenvalue weighted by Gasteiger charge is -2.46. The Labute approximate surface area is 163 Å². The summed E-state index contributed by atoms with van der Waals surface area (Å²) in [5.41, 5.74) is -3.56. The maximum Gasteiger partial charge on any atom is 0.414 e. The average molecular weight is 413 g/mol. The number of sulfonamides is 1. The summed E-state index contributed by atoms with van der Waals surface area (Å²) in [6.07, 6.45) is -0.106. The molecule has 2 aliphatic heterocycles. The van der Waals surface area contributed by atoms with Crippen molar-refractivity contribution in [1.82, 2.24) is 9.62 Å². The molecule has 1 aromatic carbocycles. The van der Waals surface area contributed by atoms with Crippen molar-refractivity contribution >= 4 is 22.1 Å². The first kappa shape index (κ1) is 20.5. The number of aliphatic imine (C=N–C) groups is 1. The second-order valence-electron chi connectivity index (χ2n) is 7.79. The highest BCUT2D eigenvalue weighted by atomic mass is 32.2. The zero-order chi connectivity index (χ0) is 20.7. The molecule has 0 radical (unpaired) electrons. The van der Waals surface area contributed by atoms with Crippen molar-refractivity contribution in [3.05, 3.63) is 35.6 Å². The van der Waals surface area contributed by atoms with E-state index in [2.05, 4.69) is 10.3 Å². The predicted molar refractivity (Wildman–Crippen MR) is 101 cm³/mol. The van der Waals surface area contributed by atoms with E-state index in [9.17, 15) is 17.6 Å². The molecule has 0 bridgehead atoms. The van der Waals surface area contributed by atoms with E-state index in [1.165, 1.54) is 25.2 Å². The van der Waals surface area contributed by atoms with Crippen LogP contribution in [-0.2, 0) is 25.0 Å². The van der Waals surface area contributed by atoms with Crippen molar-refractivity contribution in [3.63, 3.8) is 0 Å². The molecule has 10 heteroatoms. The van der Waals surface area contributed by atoms with Gasteiger partial charge < -0.3 is 9.47 Å². The molecule has 0 saturated carbocycles. The van der Waals surface area contributed by atoms with Crippen molar-refractivity contribution in [3.8, 4) is 0 Å². The van der Waals surface area contributed by atoms with Gasteiger partial charge in [-0.25, -0.2) is 26.9 Å². The maximum absolute atomic E-state index is 14.7. The van der Waals surface area contributed by atoms with E-state index >= 15 is 0 Å². The van der Waals surface area contributed by atoms with Gasteiger partial charge in [-0.05, 0) is 39.7 Å². The predicted octanol–water partition coefficient (Wildman–Crippen LogP) is 2.31. The molecule has 28 heavy (non-hydrogen) atoms. The Kier molecular flexibility index (Phi) is 5.13. The largest absolute Gasteiger partial charge is 0.444 e. The second-order valence-corrected chi connectivity index (χ2v) is 9.79. The minimum atomic E-state index is -4.08. The Balaban J connectivity index is 2.12. The monoisotopic (exact) mass is 413 g/mol. The lowest BCUT2D eigenvalue weighted by Crippen LogP contribution is -2.61. The standard InChI is InChI=1S/C18H24FN3O5S/c1-17(2,3)27-16(23)20-15-21-18(12-8-5-6-9-13(12)19)10-7-11-26-14(18)28(24,25)22(15)4/h5-6,8-9,14H,7,10-11H2,1-4H3,(H,20,21,23). The zero-order valence-corrected chi connectivity index (χ0v) is 17.0. The Hall–Kier alpha value is -2.20. The smallest absolute Gasteiger partial charge is 0.414 e. The molecule has 154 valence electrons. The van der Waals surface area contributed by atoms with E-state index in [-0.39, 0.29) is 24.6 Å². The zero-order valence-electron chi connectivity index (χ0n) is 16.2. The van der Waals surface area contributed by atoms with Gasteiger partial charge in [0.2, 0.25) is 11.4 Å². The normalized spacial score (nSPS) is 26.8. The van der Waals surface area contributed by atoms with Crippen LogP contribution in [0.5, 0.6) is 0 Å². The van der Waals surface area contributed by atoms with Crippen molar-refractivity contribution < 1.29 is 27.1 Å². The van der Waals surface area contributed by atoms with Crippen LogP contribution < -0.4 is 5.32 Å². The van der Waals surface area contributed by atoms with E-state index in [1.54, 1.807) is 26.8 Å². The van der Waals surface area contributed by atoms with Crippen molar-refractivity contribution in [2.45, 2.75) is 50.2 Å². The summed E-state index contributed by atoms with van der Waals surface area (Å²) in [6, 6.07) is 5.87. The summed E-state index contributed by atoms with van der Waals surface area (Å²) in [5.74, 6) is -0.822. The first-order valence-corrected chi connectivity index (χ1v) is 10.4. The topological polar surface area (TPSA) is 97.3 Å². The molecule has 1 aromatic rings. The molecule has 2 heterocycles. The number of hydrogen-bond acceptors (Lipinski definition) is 6. The number of nitrogens with one attached hydrogen (secondary N) is 1. The molecule has 3 rings (SSSR count). The number of carbonyl (C=O) groups is 1. The number of rotatable bonds is 1.